The van der Waals surface area contributed by atoms with Gasteiger partial charge in [-0.25, -0.2) is 4.98 Å². The third kappa shape index (κ3) is 2.60. The van der Waals surface area contributed by atoms with Crippen molar-refractivity contribution >= 4 is 31.7 Å². The van der Waals surface area contributed by atoms with Gasteiger partial charge < -0.3 is 0 Å². The number of halogens is 1. The summed E-state index contributed by atoms with van der Waals surface area (Å²) in [5.74, 6) is 0. The zero-order valence-corrected chi connectivity index (χ0v) is 14.9. The van der Waals surface area contributed by atoms with E-state index in [9.17, 15) is 0 Å². The predicted molar refractivity (Wildman–Crippen MR) is 99.9 cm³/mol. The highest BCUT2D eigenvalue weighted by molar-refractivity contribution is 7.15. The Morgan fingerprint density at radius 2 is 2.00 bits per heavy atom. The van der Waals surface area contributed by atoms with E-state index in [0.717, 1.165) is 39.6 Å². The van der Waals surface area contributed by atoms with E-state index in [2.05, 4.69) is 37.5 Å². The SMILES string of the molecule is Cn1cc(-c2ccc3c(c2)c(-c2ccnc(Cl)c2)nn3CP)cn1. The molecule has 0 fully saturated rings. The summed E-state index contributed by atoms with van der Waals surface area (Å²) < 4.78 is 3.77. The fourth-order valence-corrected chi connectivity index (χ4v) is 3.28. The molecule has 0 bridgehead atoms. The van der Waals surface area contributed by atoms with E-state index in [1.165, 1.54) is 0 Å². The maximum absolute atomic E-state index is 6.06. The molecule has 0 aliphatic rings. The lowest BCUT2D eigenvalue weighted by atomic mass is 10.0. The van der Waals surface area contributed by atoms with Crippen LogP contribution < -0.4 is 0 Å². The third-order valence-electron chi connectivity index (χ3n) is 3.96. The minimum atomic E-state index is 0.462. The van der Waals surface area contributed by atoms with Gasteiger partial charge in [-0.15, -0.1) is 9.24 Å². The lowest BCUT2D eigenvalue weighted by Crippen LogP contribution is -1.93. The van der Waals surface area contributed by atoms with Crippen molar-refractivity contribution in [3.05, 3.63) is 54.1 Å². The van der Waals surface area contributed by atoms with Crippen molar-refractivity contribution < 1.29 is 0 Å². The summed E-state index contributed by atoms with van der Waals surface area (Å²) in [7, 11) is 4.63. The second kappa shape index (κ2) is 6.00. The number of pyridine rings is 1. The molecule has 4 aromatic rings. The van der Waals surface area contributed by atoms with Crippen LogP contribution in [0.5, 0.6) is 0 Å². The molecule has 0 aliphatic heterocycles. The molecule has 5 nitrogen and oxygen atoms in total. The number of benzene rings is 1. The van der Waals surface area contributed by atoms with Gasteiger partial charge in [-0.2, -0.15) is 10.2 Å². The first-order chi connectivity index (χ1) is 11.7. The molecule has 24 heavy (non-hydrogen) atoms. The number of hydrogen-bond acceptors (Lipinski definition) is 3. The van der Waals surface area contributed by atoms with Gasteiger partial charge in [-0.3, -0.25) is 9.36 Å². The molecule has 0 spiro atoms. The van der Waals surface area contributed by atoms with Crippen LogP contribution in [-0.2, 0) is 13.3 Å². The summed E-state index contributed by atoms with van der Waals surface area (Å²) in [4.78, 5) is 4.06. The Morgan fingerprint density at radius 3 is 2.71 bits per heavy atom. The monoisotopic (exact) mass is 355 g/mol. The van der Waals surface area contributed by atoms with Crippen molar-refractivity contribution in [3.8, 4) is 22.4 Å². The van der Waals surface area contributed by atoms with Gasteiger partial charge in [0.2, 0.25) is 0 Å². The van der Waals surface area contributed by atoms with Gasteiger partial charge in [0.05, 0.1) is 18.0 Å². The first-order valence-corrected chi connectivity index (χ1v) is 8.67. The minimum Gasteiger partial charge on any atom is -0.275 e. The van der Waals surface area contributed by atoms with E-state index >= 15 is 0 Å². The van der Waals surface area contributed by atoms with E-state index in [1.54, 1.807) is 10.9 Å². The van der Waals surface area contributed by atoms with Gasteiger partial charge in [-0.1, -0.05) is 17.7 Å². The number of aromatic nitrogens is 5. The lowest BCUT2D eigenvalue weighted by molar-refractivity contribution is 0.768. The second-order valence-electron chi connectivity index (χ2n) is 5.53. The summed E-state index contributed by atoms with van der Waals surface area (Å²) in [6.07, 6.45) is 6.30. The van der Waals surface area contributed by atoms with Crippen molar-refractivity contribution in [3.63, 3.8) is 0 Å². The maximum Gasteiger partial charge on any atom is 0.129 e. The van der Waals surface area contributed by atoms with Crippen molar-refractivity contribution in [2.45, 2.75) is 6.29 Å². The number of nitrogens with zero attached hydrogens (tertiary/aromatic N) is 5. The summed E-state index contributed by atoms with van der Waals surface area (Å²) in [6, 6.07) is 10.1. The third-order valence-corrected chi connectivity index (χ3v) is 4.51. The molecule has 7 heteroatoms. The fourth-order valence-electron chi connectivity index (χ4n) is 2.83. The zero-order valence-electron chi connectivity index (χ0n) is 13.0. The second-order valence-corrected chi connectivity index (χ2v) is 6.28. The highest BCUT2D eigenvalue weighted by Gasteiger charge is 2.14. The van der Waals surface area contributed by atoms with E-state index in [0.29, 0.717) is 5.15 Å². The van der Waals surface area contributed by atoms with Gasteiger partial charge in [0.1, 0.15) is 10.8 Å². The molecule has 4 rings (SSSR count). The molecule has 3 aromatic heterocycles. The molecule has 120 valence electrons. The molecule has 0 saturated carbocycles. The number of aryl methyl sites for hydroxylation is 1. The van der Waals surface area contributed by atoms with E-state index in [1.807, 2.05) is 36.3 Å². The number of hydrogen-bond donors (Lipinski definition) is 0. The first kappa shape index (κ1) is 15.3. The van der Waals surface area contributed by atoms with Gasteiger partial charge in [0, 0.05) is 36.0 Å². The largest absolute Gasteiger partial charge is 0.275 e. The Morgan fingerprint density at radius 1 is 1.12 bits per heavy atom. The number of rotatable bonds is 3. The van der Waals surface area contributed by atoms with Crippen LogP contribution >= 0.6 is 20.8 Å². The summed E-state index contributed by atoms with van der Waals surface area (Å²) in [6.45, 7) is 0. The predicted octanol–water partition coefficient (Wildman–Crippen LogP) is 3.98. The molecule has 0 radical (unpaired) electrons. The Balaban J connectivity index is 1.95. The summed E-state index contributed by atoms with van der Waals surface area (Å²) >= 11 is 6.06. The molecule has 1 atom stereocenters. The Hall–Kier alpha value is -2.23. The average molecular weight is 356 g/mol. The van der Waals surface area contributed by atoms with E-state index in [4.69, 9.17) is 16.7 Å². The van der Waals surface area contributed by atoms with Crippen LogP contribution in [0, 0.1) is 0 Å². The highest BCUT2D eigenvalue weighted by Crippen LogP contribution is 2.32. The minimum absolute atomic E-state index is 0.462. The quantitative estimate of drug-likeness (QED) is 0.412. The topological polar surface area (TPSA) is 48.5 Å². The maximum atomic E-state index is 6.06. The van der Waals surface area contributed by atoms with Gasteiger partial charge in [0.15, 0.2) is 0 Å². The molecule has 0 aliphatic carbocycles. The zero-order chi connectivity index (χ0) is 16.7. The average Bonchev–Trinajstić information content (AvgIpc) is 3.18. The van der Waals surface area contributed by atoms with Gasteiger partial charge in [-0.05, 0) is 29.8 Å². The van der Waals surface area contributed by atoms with Crippen LogP contribution in [0.1, 0.15) is 0 Å². The standard InChI is InChI=1S/C17H15ClN5P/c1-22-9-13(8-20-22)11-2-3-15-14(6-11)17(21-23(15)10-24)12-4-5-19-16(18)7-12/h2-9H,10,24H2,1H3. The first-order valence-electron chi connectivity index (χ1n) is 7.47. The van der Waals surface area contributed by atoms with Crippen molar-refractivity contribution in [2.24, 2.45) is 7.05 Å². The lowest BCUT2D eigenvalue weighted by Gasteiger charge is -2.01. The number of fused-ring (bicyclic) bond motifs is 1. The van der Waals surface area contributed by atoms with Crippen LogP contribution in [-0.4, -0.2) is 24.5 Å². The van der Waals surface area contributed by atoms with Crippen molar-refractivity contribution in [2.75, 3.05) is 0 Å². The smallest absolute Gasteiger partial charge is 0.129 e. The molecule has 0 amide bonds. The van der Waals surface area contributed by atoms with Crippen LogP contribution in [0.3, 0.4) is 0 Å². The molecule has 1 unspecified atom stereocenters. The van der Waals surface area contributed by atoms with Crippen molar-refractivity contribution in [1.82, 2.24) is 24.5 Å². The van der Waals surface area contributed by atoms with Crippen LogP contribution in [0.4, 0.5) is 0 Å². The summed E-state index contributed by atoms with van der Waals surface area (Å²) in [5.41, 5.74) is 5.14. The van der Waals surface area contributed by atoms with E-state index in [-0.39, 0.29) is 0 Å². The van der Waals surface area contributed by atoms with E-state index < -0.39 is 0 Å². The Labute approximate surface area is 146 Å². The molecule has 0 N–H and O–H groups in total. The van der Waals surface area contributed by atoms with Crippen LogP contribution in [0.15, 0.2) is 48.9 Å². The molecule has 1 aromatic carbocycles. The molecular weight excluding hydrogens is 341 g/mol. The Kier molecular flexibility index (Phi) is 3.83. The molecule has 0 saturated heterocycles. The van der Waals surface area contributed by atoms with Crippen LogP contribution in [0.2, 0.25) is 5.15 Å². The van der Waals surface area contributed by atoms with Crippen molar-refractivity contribution in [1.29, 1.82) is 0 Å². The van der Waals surface area contributed by atoms with Crippen LogP contribution in [0.25, 0.3) is 33.3 Å². The summed E-state index contributed by atoms with van der Waals surface area (Å²) in [5, 5.41) is 10.5. The fraction of sp³-hybridized carbons (Fsp3) is 0.118. The highest BCUT2D eigenvalue weighted by atomic mass is 35.5. The Bertz CT molecular complexity index is 1040. The normalized spacial score (nSPS) is 11.3. The van der Waals surface area contributed by atoms with Gasteiger partial charge in [0.25, 0.3) is 0 Å². The van der Waals surface area contributed by atoms with Gasteiger partial charge >= 0.3 is 0 Å². The molecular formula is C17H15ClN5P. The molecule has 3 heterocycles.